The number of rotatable bonds is 7. The van der Waals surface area contributed by atoms with Gasteiger partial charge in [-0.05, 0) is 39.5 Å². The van der Waals surface area contributed by atoms with Gasteiger partial charge in [0.05, 0.1) is 0 Å². The van der Waals surface area contributed by atoms with E-state index >= 15 is 0 Å². The summed E-state index contributed by atoms with van der Waals surface area (Å²) in [6, 6.07) is 0.395. The lowest BCUT2D eigenvalue weighted by Crippen LogP contribution is -2.48. The van der Waals surface area contributed by atoms with Crippen LogP contribution in [0.4, 0.5) is 0 Å². The number of carbonyl (C=O) groups is 1. The fraction of sp³-hybridized carbons (Fsp3) is 0.800. The predicted molar refractivity (Wildman–Crippen MR) is 112 cm³/mol. The maximum absolute atomic E-state index is 12.2. The minimum absolute atomic E-state index is 0.0719. The zero-order valence-corrected chi connectivity index (χ0v) is 18.1. The Labute approximate surface area is 169 Å². The Morgan fingerprint density at radius 2 is 2.07 bits per heavy atom. The fourth-order valence-corrected chi connectivity index (χ4v) is 3.50. The van der Waals surface area contributed by atoms with E-state index in [2.05, 4.69) is 45.0 Å². The minimum atomic E-state index is -0.253. The van der Waals surface area contributed by atoms with Crippen LogP contribution in [0.1, 0.15) is 66.1 Å². The molecule has 1 aromatic heterocycles. The number of nitrogens with zero attached hydrogens (tertiary/aromatic N) is 4. The summed E-state index contributed by atoms with van der Waals surface area (Å²) in [5.41, 5.74) is -0.253. The molecule has 0 aliphatic heterocycles. The number of aromatic nitrogens is 3. The van der Waals surface area contributed by atoms with Gasteiger partial charge in [0.2, 0.25) is 5.91 Å². The smallest absolute Gasteiger partial charge is 0.242 e. The molecule has 1 amide bonds. The van der Waals surface area contributed by atoms with Gasteiger partial charge in [-0.2, -0.15) is 0 Å². The average Bonchev–Trinajstić information content (AvgIpc) is 3.07. The van der Waals surface area contributed by atoms with Gasteiger partial charge in [-0.15, -0.1) is 10.2 Å². The monoisotopic (exact) mass is 391 g/mol. The molecule has 2 atom stereocenters. The van der Waals surface area contributed by atoms with E-state index in [4.69, 9.17) is 0 Å². The maximum atomic E-state index is 12.2. The third-order valence-electron chi connectivity index (χ3n) is 4.99. The number of hydrogen-bond donors (Lipinski definition) is 3. The molecule has 0 radical (unpaired) electrons. The minimum Gasteiger partial charge on any atom is -0.355 e. The van der Waals surface area contributed by atoms with E-state index in [0.717, 1.165) is 25.2 Å². The number of carbonyl (C=O) groups excluding carboxylic acids is 1. The van der Waals surface area contributed by atoms with Gasteiger partial charge in [-0.3, -0.25) is 4.79 Å². The van der Waals surface area contributed by atoms with Crippen LogP contribution in [0.15, 0.2) is 11.3 Å². The lowest BCUT2D eigenvalue weighted by atomic mass is 9.86. The van der Waals surface area contributed by atoms with Crippen molar-refractivity contribution in [3.63, 3.8) is 0 Å². The molecule has 1 saturated carbocycles. The van der Waals surface area contributed by atoms with E-state index in [-0.39, 0.29) is 18.0 Å². The number of aryl methyl sites for hydroxylation is 1. The van der Waals surface area contributed by atoms with E-state index in [9.17, 15) is 4.79 Å². The molecule has 1 aromatic rings. The first-order valence-electron chi connectivity index (χ1n) is 10.5. The van der Waals surface area contributed by atoms with Gasteiger partial charge in [0.1, 0.15) is 18.7 Å². The summed E-state index contributed by atoms with van der Waals surface area (Å²) in [6.07, 6.45) is 7.51. The van der Waals surface area contributed by atoms with Crippen LogP contribution in [0.3, 0.4) is 0 Å². The molecule has 2 unspecified atom stereocenters. The first-order valence-corrected chi connectivity index (χ1v) is 10.5. The summed E-state index contributed by atoms with van der Waals surface area (Å²) >= 11 is 0. The Balaban J connectivity index is 1.96. The molecule has 0 aromatic carbocycles. The van der Waals surface area contributed by atoms with Crippen molar-refractivity contribution >= 4 is 11.9 Å². The van der Waals surface area contributed by atoms with Gasteiger partial charge in [0, 0.05) is 31.1 Å². The van der Waals surface area contributed by atoms with Crippen molar-refractivity contribution in [1.29, 1.82) is 0 Å². The second kappa shape index (κ2) is 10.4. The van der Waals surface area contributed by atoms with Crippen LogP contribution in [-0.2, 0) is 17.8 Å². The molecule has 158 valence electrons. The topological polar surface area (TPSA) is 96.2 Å². The first kappa shape index (κ1) is 22.2. The van der Waals surface area contributed by atoms with Crippen LogP contribution >= 0.6 is 0 Å². The number of hydrogen-bond acceptors (Lipinski definition) is 4. The third-order valence-corrected chi connectivity index (χ3v) is 4.99. The van der Waals surface area contributed by atoms with Gasteiger partial charge in [0.15, 0.2) is 5.96 Å². The summed E-state index contributed by atoms with van der Waals surface area (Å²) in [5, 5.41) is 18.0. The Morgan fingerprint density at radius 1 is 1.32 bits per heavy atom. The molecule has 0 saturated heterocycles. The largest absolute Gasteiger partial charge is 0.355 e. The normalized spacial score (nSPS) is 20.7. The quantitative estimate of drug-likeness (QED) is 0.487. The molecular formula is C20H37N7O. The van der Waals surface area contributed by atoms with E-state index in [0.29, 0.717) is 24.5 Å². The molecule has 1 heterocycles. The van der Waals surface area contributed by atoms with Gasteiger partial charge in [-0.25, -0.2) is 4.99 Å². The van der Waals surface area contributed by atoms with Crippen molar-refractivity contribution in [2.75, 3.05) is 13.1 Å². The summed E-state index contributed by atoms with van der Waals surface area (Å²) in [4.78, 5) is 16.7. The number of nitrogens with one attached hydrogen (secondary N) is 3. The molecule has 1 fully saturated rings. The van der Waals surface area contributed by atoms with Crippen molar-refractivity contribution in [2.45, 2.75) is 84.8 Å². The molecule has 0 spiro atoms. The SMILES string of the molecule is CCc1nncn1CCNC(=NCC(=O)NC(C)(C)C)NC1CCCCC1C. The molecule has 8 nitrogen and oxygen atoms in total. The van der Waals surface area contributed by atoms with Crippen molar-refractivity contribution in [3.05, 3.63) is 12.2 Å². The molecule has 2 rings (SSSR count). The Bertz CT molecular complexity index is 647. The van der Waals surface area contributed by atoms with Crippen LogP contribution in [0, 0.1) is 5.92 Å². The van der Waals surface area contributed by atoms with E-state index in [1.54, 1.807) is 6.33 Å². The highest BCUT2D eigenvalue weighted by atomic mass is 16.2. The molecule has 1 aliphatic carbocycles. The maximum Gasteiger partial charge on any atom is 0.242 e. The van der Waals surface area contributed by atoms with Crippen molar-refractivity contribution in [1.82, 2.24) is 30.7 Å². The van der Waals surface area contributed by atoms with Gasteiger partial charge < -0.3 is 20.5 Å². The zero-order chi connectivity index (χ0) is 20.6. The van der Waals surface area contributed by atoms with Crippen LogP contribution in [-0.4, -0.2) is 51.3 Å². The molecular weight excluding hydrogens is 354 g/mol. The van der Waals surface area contributed by atoms with Gasteiger partial charge in [-0.1, -0.05) is 26.7 Å². The number of amides is 1. The zero-order valence-electron chi connectivity index (χ0n) is 18.1. The Hall–Kier alpha value is -2.12. The second-order valence-corrected chi connectivity index (χ2v) is 8.70. The first-order chi connectivity index (χ1) is 13.3. The number of guanidine groups is 1. The highest BCUT2D eigenvalue weighted by Crippen LogP contribution is 2.23. The summed E-state index contributed by atoms with van der Waals surface area (Å²) < 4.78 is 2.04. The molecule has 0 bridgehead atoms. The molecule has 3 N–H and O–H groups in total. The average molecular weight is 392 g/mol. The van der Waals surface area contributed by atoms with E-state index in [1.807, 2.05) is 25.3 Å². The van der Waals surface area contributed by atoms with Crippen molar-refractivity contribution in [2.24, 2.45) is 10.9 Å². The number of aliphatic imine (C=N–C) groups is 1. The Morgan fingerprint density at radius 3 is 2.75 bits per heavy atom. The van der Waals surface area contributed by atoms with Crippen LogP contribution in [0.25, 0.3) is 0 Å². The van der Waals surface area contributed by atoms with Crippen molar-refractivity contribution in [3.8, 4) is 0 Å². The van der Waals surface area contributed by atoms with Gasteiger partial charge in [0.25, 0.3) is 0 Å². The lowest BCUT2D eigenvalue weighted by molar-refractivity contribution is -0.121. The molecule has 1 aliphatic rings. The summed E-state index contributed by atoms with van der Waals surface area (Å²) in [5.74, 6) is 2.21. The third kappa shape index (κ3) is 7.48. The van der Waals surface area contributed by atoms with Gasteiger partial charge >= 0.3 is 0 Å². The highest BCUT2D eigenvalue weighted by molar-refractivity contribution is 5.85. The predicted octanol–water partition coefficient (Wildman–Crippen LogP) is 1.87. The highest BCUT2D eigenvalue weighted by Gasteiger charge is 2.22. The fourth-order valence-electron chi connectivity index (χ4n) is 3.50. The summed E-state index contributed by atoms with van der Waals surface area (Å²) in [7, 11) is 0. The molecule has 8 heteroatoms. The molecule has 28 heavy (non-hydrogen) atoms. The lowest BCUT2D eigenvalue weighted by Gasteiger charge is -2.31. The van der Waals surface area contributed by atoms with Crippen LogP contribution in [0.5, 0.6) is 0 Å². The van der Waals surface area contributed by atoms with E-state index < -0.39 is 0 Å². The van der Waals surface area contributed by atoms with E-state index in [1.165, 1.54) is 19.3 Å². The Kier molecular flexibility index (Phi) is 8.26. The van der Waals surface area contributed by atoms with Crippen LogP contribution in [0.2, 0.25) is 0 Å². The standard InChI is InChI=1S/C20H37N7O/c1-6-17-26-23-14-27(17)12-11-21-19(22-13-18(28)25-20(3,4)5)24-16-10-8-7-9-15(16)2/h14-16H,6-13H2,1-5H3,(H,25,28)(H2,21,22,24). The second-order valence-electron chi connectivity index (χ2n) is 8.70. The summed E-state index contributed by atoms with van der Waals surface area (Å²) in [6.45, 7) is 11.8. The van der Waals surface area contributed by atoms with Crippen molar-refractivity contribution < 1.29 is 4.79 Å². The van der Waals surface area contributed by atoms with Crippen LogP contribution < -0.4 is 16.0 Å².